The van der Waals surface area contributed by atoms with E-state index in [1.165, 1.54) is 12.1 Å². The molecule has 1 aromatic heterocycles. The topological polar surface area (TPSA) is 55.1 Å². The quantitative estimate of drug-likeness (QED) is 0.762. The highest BCUT2D eigenvalue weighted by molar-refractivity contribution is 6.08. The molecule has 0 unspecified atom stereocenters. The molecular weight excluding hydrogens is 307 g/mol. The van der Waals surface area contributed by atoms with Gasteiger partial charge in [-0.3, -0.25) is 4.79 Å². The van der Waals surface area contributed by atoms with Crippen LogP contribution < -0.4 is 5.32 Å². The van der Waals surface area contributed by atoms with Crippen LogP contribution in [0.1, 0.15) is 27.2 Å². The summed E-state index contributed by atoms with van der Waals surface area (Å²) >= 11 is 0. The first-order chi connectivity index (χ1) is 11.5. The highest BCUT2D eigenvalue weighted by Gasteiger charge is 2.21. The number of carbonyl (C=O) groups excluding carboxylic acids is 1. The Balaban J connectivity index is 1.94. The van der Waals surface area contributed by atoms with E-state index >= 15 is 0 Å². The molecule has 0 spiro atoms. The lowest BCUT2D eigenvalue weighted by Gasteiger charge is -2.08. The third-order valence-corrected chi connectivity index (χ3v) is 3.97. The van der Waals surface area contributed by atoms with E-state index in [9.17, 15) is 9.18 Å². The van der Waals surface area contributed by atoms with Gasteiger partial charge in [0.05, 0.1) is 0 Å². The maximum absolute atomic E-state index is 13.1. The Morgan fingerprint density at radius 3 is 2.42 bits per heavy atom. The van der Waals surface area contributed by atoms with E-state index in [-0.39, 0.29) is 11.7 Å². The highest BCUT2D eigenvalue weighted by Crippen LogP contribution is 2.26. The van der Waals surface area contributed by atoms with Crippen molar-refractivity contribution in [3.63, 3.8) is 0 Å². The monoisotopic (exact) mass is 324 g/mol. The third-order valence-electron chi connectivity index (χ3n) is 3.97. The zero-order valence-corrected chi connectivity index (χ0v) is 13.7. The minimum absolute atomic E-state index is 0.309. The first kappa shape index (κ1) is 15.9. The summed E-state index contributed by atoms with van der Waals surface area (Å²) in [6.45, 7) is 5.67. The molecule has 0 bridgehead atoms. The molecule has 24 heavy (non-hydrogen) atoms. The number of hydrogen-bond acceptors (Lipinski definition) is 3. The molecule has 3 rings (SSSR count). The summed E-state index contributed by atoms with van der Waals surface area (Å²) in [5.41, 5.74) is 4.32. The van der Waals surface area contributed by atoms with Crippen LogP contribution in [-0.2, 0) is 0 Å². The van der Waals surface area contributed by atoms with E-state index in [4.69, 9.17) is 4.52 Å². The summed E-state index contributed by atoms with van der Waals surface area (Å²) in [5.74, 6) is -0.243. The van der Waals surface area contributed by atoms with Crippen molar-refractivity contribution in [2.24, 2.45) is 0 Å². The van der Waals surface area contributed by atoms with Crippen LogP contribution >= 0.6 is 0 Å². The molecule has 0 saturated carbocycles. The van der Waals surface area contributed by atoms with Crippen LogP contribution in [0.4, 0.5) is 10.1 Å². The maximum Gasteiger partial charge on any atom is 0.261 e. The van der Waals surface area contributed by atoms with E-state index in [0.717, 1.165) is 11.1 Å². The number of benzene rings is 2. The lowest BCUT2D eigenvalue weighted by atomic mass is 10.1. The second kappa shape index (κ2) is 6.28. The average molecular weight is 324 g/mol. The molecule has 3 aromatic rings. The molecule has 0 aliphatic heterocycles. The third kappa shape index (κ3) is 3.06. The predicted octanol–water partition coefficient (Wildman–Crippen LogP) is 4.66. The van der Waals surface area contributed by atoms with Crippen LogP contribution in [0.2, 0.25) is 0 Å². The zero-order chi connectivity index (χ0) is 17.3. The molecule has 0 aliphatic rings. The van der Waals surface area contributed by atoms with Crippen molar-refractivity contribution >= 4 is 11.6 Å². The van der Waals surface area contributed by atoms with Crippen LogP contribution in [0.25, 0.3) is 11.3 Å². The number of nitrogens with one attached hydrogen (secondary N) is 1. The number of hydrogen-bond donors (Lipinski definition) is 1. The Morgan fingerprint density at radius 2 is 1.75 bits per heavy atom. The van der Waals surface area contributed by atoms with Crippen LogP contribution in [0, 0.1) is 26.6 Å². The van der Waals surface area contributed by atoms with Gasteiger partial charge in [0, 0.05) is 11.3 Å². The molecule has 4 nitrogen and oxygen atoms in total. The van der Waals surface area contributed by atoms with E-state index in [2.05, 4.69) is 10.5 Å². The van der Waals surface area contributed by atoms with Crippen LogP contribution in [0.5, 0.6) is 0 Å². The molecule has 2 aromatic carbocycles. The van der Waals surface area contributed by atoms with Crippen molar-refractivity contribution in [3.8, 4) is 11.3 Å². The van der Waals surface area contributed by atoms with Gasteiger partial charge in [-0.1, -0.05) is 11.2 Å². The van der Waals surface area contributed by atoms with Gasteiger partial charge in [-0.25, -0.2) is 4.39 Å². The lowest BCUT2D eigenvalue weighted by molar-refractivity contribution is 0.102. The van der Waals surface area contributed by atoms with E-state index < -0.39 is 0 Å². The SMILES string of the molecule is Cc1ccc(NC(=O)c2c(-c3ccc(F)cc3)noc2C)cc1C. The molecule has 0 radical (unpaired) electrons. The Morgan fingerprint density at radius 1 is 1.04 bits per heavy atom. The Kier molecular flexibility index (Phi) is 4.16. The fourth-order valence-electron chi connectivity index (χ4n) is 2.46. The number of nitrogens with zero attached hydrogens (tertiary/aromatic N) is 1. The highest BCUT2D eigenvalue weighted by atomic mass is 19.1. The van der Waals surface area contributed by atoms with Crippen LogP contribution in [0.15, 0.2) is 47.0 Å². The predicted molar refractivity (Wildman–Crippen MR) is 90.5 cm³/mol. The van der Waals surface area contributed by atoms with Gasteiger partial charge in [-0.2, -0.15) is 0 Å². The number of rotatable bonds is 3. The van der Waals surface area contributed by atoms with Crippen molar-refractivity contribution in [1.82, 2.24) is 5.16 Å². The second-order valence-corrected chi connectivity index (χ2v) is 5.72. The first-order valence-corrected chi connectivity index (χ1v) is 7.56. The van der Waals surface area contributed by atoms with Gasteiger partial charge >= 0.3 is 0 Å². The molecular formula is C19H17FN2O2. The normalized spacial score (nSPS) is 10.7. The first-order valence-electron chi connectivity index (χ1n) is 7.56. The largest absolute Gasteiger partial charge is 0.360 e. The number of carbonyl (C=O) groups is 1. The molecule has 1 N–H and O–H groups in total. The van der Waals surface area contributed by atoms with Crippen molar-refractivity contribution in [2.75, 3.05) is 5.32 Å². The minimum Gasteiger partial charge on any atom is -0.360 e. The zero-order valence-electron chi connectivity index (χ0n) is 13.7. The minimum atomic E-state index is -0.347. The van der Waals surface area contributed by atoms with E-state index in [0.29, 0.717) is 28.3 Å². The number of halogens is 1. The molecule has 0 atom stereocenters. The smallest absolute Gasteiger partial charge is 0.261 e. The maximum atomic E-state index is 13.1. The lowest BCUT2D eigenvalue weighted by Crippen LogP contribution is -2.13. The number of aromatic nitrogens is 1. The molecule has 1 heterocycles. The molecule has 0 saturated heterocycles. The van der Waals surface area contributed by atoms with Gasteiger partial charge in [0.15, 0.2) is 0 Å². The van der Waals surface area contributed by atoms with Crippen molar-refractivity contribution < 1.29 is 13.7 Å². The molecule has 122 valence electrons. The molecule has 0 fully saturated rings. The Labute approximate surface area is 139 Å². The molecule has 0 aliphatic carbocycles. The second-order valence-electron chi connectivity index (χ2n) is 5.72. The fraction of sp³-hybridized carbons (Fsp3) is 0.158. The van der Waals surface area contributed by atoms with Gasteiger partial charge in [0.2, 0.25) is 0 Å². The summed E-state index contributed by atoms with van der Waals surface area (Å²) in [6, 6.07) is 11.5. The van der Waals surface area contributed by atoms with E-state index in [1.54, 1.807) is 19.1 Å². The van der Waals surface area contributed by atoms with Crippen LogP contribution in [0.3, 0.4) is 0 Å². The Bertz CT molecular complexity index is 898. The van der Waals surface area contributed by atoms with E-state index in [1.807, 2.05) is 32.0 Å². The summed E-state index contributed by atoms with van der Waals surface area (Å²) in [7, 11) is 0. The fourth-order valence-corrected chi connectivity index (χ4v) is 2.46. The number of anilines is 1. The van der Waals surface area contributed by atoms with Crippen LogP contribution in [-0.4, -0.2) is 11.1 Å². The molecule has 1 amide bonds. The van der Waals surface area contributed by atoms with Gasteiger partial charge in [-0.05, 0) is 68.3 Å². The summed E-state index contributed by atoms with van der Waals surface area (Å²) in [6.07, 6.45) is 0. The van der Waals surface area contributed by atoms with Gasteiger partial charge < -0.3 is 9.84 Å². The van der Waals surface area contributed by atoms with Crippen molar-refractivity contribution in [1.29, 1.82) is 0 Å². The standard InChI is InChI=1S/C19H17FN2O2/c1-11-4-9-16(10-12(11)2)21-19(23)17-13(3)24-22-18(17)14-5-7-15(20)8-6-14/h4-10H,1-3H3,(H,21,23). The average Bonchev–Trinajstić information content (AvgIpc) is 2.93. The summed E-state index contributed by atoms with van der Waals surface area (Å²) < 4.78 is 18.3. The number of aryl methyl sites for hydroxylation is 3. The summed E-state index contributed by atoms with van der Waals surface area (Å²) in [5, 5.41) is 6.81. The van der Waals surface area contributed by atoms with Crippen molar-refractivity contribution in [2.45, 2.75) is 20.8 Å². The Hall–Kier alpha value is -2.95. The van der Waals surface area contributed by atoms with Gasteiger partial charge in [0.25, 0.3) is 5.91 Å². The van der Waals surface area contributed by atoms with Gasteiger partial charge in [0.1, 0.15) is 22.8 Å². The number of amides is 1. The van der Waals surface area contributed by atoms with Crippen molar-refractivity contribution in [3.05, 3.63) is 70.7 Å². The molecule has 5 heteroatoms. The van der Waals surface area contributed by atoms with Gasteiger partial charge in [-0.15, -0.1) is 0 Å². The summed E-state index contributed by atoms with van der Waals surface area (Å²) in [4.78, 5) is 12.7.